The molecule has 0 aliphatic carbocycles. The van der Waals surface area contributed by atoms with Gasteiger partial charge in [-0.3, -0.25) is 0 Å². The predicted molar refractivity (Wildman–Crippen MR) is 82.5 cm³/mol. The standard InChI is InChI=1S/C13H20BrFN2O2S/c1-3-17(20(2,18)19)8-4-7-16-10-11-9-12(15)5-6-13(11)14/h5-6,9,16H,3-4,7-8,10H2,1-2H3. The van der Waals surface area contributed by atoms with E-state index in [-0.39, 0.29) is 5.82 Å². The average molecular weight is 367 g/mol. The van der Waals surface area contributed by atoms with E-state index in [1.54, 1.807) is 6.07 Å². The Morgan fingerprint density at radius 3 is 2.70 bits per heavy atom. The van der Waals surface area contributed by atoms with Crippen molar-refractivity contribution in [3.63, 3.8) is 0 Å². The van der Waals surface area contributed by atoms with Gasteiger partial charge in [0, 0.05) is 24.1 Å². The van der Waals surface area contributed by atoms with Crippen LogP contribution in [-0.2, 0) is 16.6 Å². The van der Waals surface area contributed by atoms with Crippen molar-refractivity contribution in [2.75, 3.05) is 25.9 Å². The topological polar surface area (TPSA) is 49.4 Å². The fourth-order valence-electron chi connectivity index (χ4n) is 1.84. The summed E-state index contributed by atoms with van der Waals surface area (Å²) in [4.78, 5) is 0. The first-order valence-electron chi connectivity index (χ1n) is 6.44. The highest BCUT2D eigenvalue weighted by atomic mass is 79.9. The molecular weight excluding hydrogens is 347 g/mol. The van der Waals surface area contributed by atoms with Crippen molar-refractivity contribution in [2.45, 2.75) is 19.9 Å². The second kappa shape index (κ2) is 8.07. The molecular formula is C13H20BrFN2O2S. The fourth-order valence-corrected chi connectivity index (χ4v) is 3.16. The van der Waals surface area contributed by atoms with E-state index in [1.807, 2.05) is 6.92 Å². The number of benzene rings is 1. The Kier molecular flexibility index (Phi) is 7.08. The van der Waals surface area contributed by atoms with Crippen LogP contribution in [0.2, 0.25) is 0 Å². The van der Waals surface area contributed by atoms with Crippen molar-refractivity contribution in [3.05, 3.63) is 34.1 Å². The SMILES string of the molecule is CCN(CCCNCc1cc(F)ccc1Br)S(C)(=O)=O. The lowest BCUT2D eigenvalue weighted by molar-refractivity contribution is 0.419. The van der Waals surface area contributed by atoms with Gasteiger partial charge in [0.2, 0.25) is 10.0 Å². The molecule has 0 amide bonds. The molecule has 1 rings (SSSR count). The smallest absolute Gasteiger partial charge is 0.211 e. The monoisotopic (exact) mass is 366 g/mol. The van der Waals surface area contributed by atoms with Crippen molar-refractivity contribution in [1.29, 1.82) is 0 Å². The highest BCUT2D eigenvalue weighted by molar-refractivity contribution is 9.10. The highest BCUT2D eigenvalue weighted by Crippen LogP contribution is 2.17. The number of nitrogens with one attached hydrogen (secondary N) is 1. The van der Waals surface area contributed by atoms with E-state index >= 15 is 0 Å². The molecule has 0 aliphatic rings. The number of halogens is 2. The van der Waals surface area contributed by atoms with E-state index in [9.17, 15) is 12.8 Å². The molecule has 0 fully saturated rings. The maximum Gasteiger partial charge on any atom is 0.211 e. The Balaban J connectivity index is 2.34. The maximum absolute atomic E-state index is 13.1. The molecule has 0 bridgehead atoms. The third kappa shape index (κ3) is 5.87. The van der Waals surface area contributed by atoms with E-state index in [1.165, 1.54) is 22.7 Å². The summed E-state index contributed by atoms with van der Waals surface area (Å²) in [7, 11) is -3.12. The van der Waals surface area contributed by atoms with Crippen molar-refractivity contribution >= 4 is 26.0 Å². The molecule has 0 radical (unpaired) electrons. The molecule has 0 saturated heterocycles. The first-order chi connectivity index (χ1) is 9.34. The lowest BCUT2D eigenvalue weighted by Crippen LogP contribution is -2.32. The average Bonchev–Trinajstić information content (AvgIpc) is 2.36. The van der Waals surface area contributed by atoms with Crippen LogP contribution < -0.4 is 5.32 Å². The molecule has 114 valence electrons. The second-order valence-electron chi connectivity index (χ2n) is 4.52. The van der Waals surface area contributed by atoms with Crippen LogP contribution in [0, 0.1) is 5.82 Å². The van der Waals surface area contributed by atoms with Gasteiger partial charge in [-0.05, 0) is 36.7 Å². The molecule has 0 unspecified atom stereocenters. The summed E-state index contributed by atoms with van der Waals surface area (Å²) in [5.74, 6) is -0.265. The van der Waals surface area contributed by atoms with Gasteiger partial charge >= 0.3 is 0 Å². The van der Waals surface area contributed by atoms with E-state index in [0.717, 1.165) is 10.0 Å². The molecule has 0 aliphatic heterocycles. The predicted octanol–water partition coefficient (Wildman–Crippen LogP) is 2.35. The van der Waals surface area contributed by atoms with Gasteiger partial charge in [-0.15, -0.1) is 0 Å². The Hall–Kier alpha value is -0.500. The molecule has 0 atom stereocenters. The summed E-state index contributed by atoms with van der Waals surface area (Å²) < 4.78 is 38.2. The summed E-state index contributed by atoms with van der Waals surface area (Å²) >= 11 is 3.37. The number of hydrogen-bond donors (Lipinski definition) is 1. The zero-order valence-corrected chi connectivity index (χ0v) is 14.1. The molecule has 0 saturated carbocycles. The van der Waals surface area contributed by atoms with Crippen LogP contribution in [0.4, 0.5) is 4.39 Å². The largest absolute Gasteiger partial charge is 0.313 e. The summed E-state index contributed by atoms with van der Waals surface area (Å²) in [5.41, 5.74) is 0.848. The van der Waals surface area contributed by atoms with Crippen LogP contribution in [0.1, 0.15) is 18.9 Å². The van der Waals surface area contributed by atoms with Crippen LogP contribution in [0.25, 0.3) is 0 Å². The molecule has 0 aromatic heterocycles. The van der Waals surface area contributed by atoms with Crippen LogP contribution in [0.15, 0.2) is 22.7 Å². The lowest BCUT2D eigenvalue weighted by Gasteiger charge is -2.17. The van der Waals surface area contributed by atoms with Crippen molar-refractivity contribution < 1.29 is 12.8 Å². The lowest BCUT2D eigenvalue weighted by atomic mass is 10.2. The van der Waals surface area contributed by atoms with Gasteiger partial charge in [0.25, 0.3) is 0 Å². The Morgan fingerprint density at radius 1 is 1.40 bits per heavy atom. The van der Waals surface area contributed by atoms with Crippen LogP contribution in [0.3, 0.4) is 0 Å². The minimum Gasteiger partial charge on any atom is -0.313 e. The number of nitrogens with zero attached hydrogens (tertiary/aromatic N) is 1. The summed E-state index contributed by atoms with van der Waals surface area (Å²) in [6.07, 6.45) is 1.93. The van der Waals surface area contributed by atoms with Gasteiger partial charge in [-0.1, -0.05) is 22.9 Å². The van der Waals surface area contributed by atoms with Crippen LogP contribution >= 0.6 is 15.9 Å². The van der Waals surface area contributed by atoms with E-state index in [0.29, 0.717) is 32.6 Å². The molecule has 7 heteroatoms. The first-order valence-corrected chi connectivity index (χ1v) is 9.08. The van der Waals surface area contributed by atoms with Gasteiger partial charge in [0.05, 0.1) is 6.26 Å². The highest BCUT2D eigenvalue weighted by Gasteiger charge is 2.12. The third-order valence-electron chi connectivity index (χ3n) is 2.91. The van der Waals surface area contributed by atoms with Gasteiger partial charge < -0.3 is 5.32 Å². The van der Waals surface area contributed by atoms with E-state index in [2.05, 4.69) is 21.2 Å². The van der Waals surface area contributed by atoms with Gasteiger partial charge in [0.15, 0.2) is 0 Å². The zero-order chi connectivity index (χ0) is 15.2. The second-order valence-corrected chi connectivity index (χ2v) is 7.36. The molecule has 0 heterocycles. The van der Waals surface area contributed by atoms with E-state index < -0.39 is 10.0 Å². The first kappa shape index (κ1) is 17.6. The third-order valence-corrected chi connectivity index (χ3v) is 5.06. The molecule has 1 aromatic carbocycles. The Labute approximate surface area is 128 Å². The Bertz CT molecular complexity index is 537. The maximum atomic E-state index is 13.1. The van der Waals surface area contributed by atoms with E-state index in [4.69, 9.17) is 0 Å². The summed E-state index contributed by atoms with van der Waals surface area (Å²) in [6.45, 7) is 4.01. The minimum atomic E-state index is -3.12. The normalized spacial score (nSPS) is 12.1. The van der Waals surface area contributed by atoms with Crippen LogP contribution in [0.5, 0.6) is 0 Å². The molecule has 20 heavy (non-hydrogen) atoms. The van der Waals surface area contributed by atoms with Crippen molar-refractivity contribution in [1.82, 2.24) is 9.62 Å². The molecule has 1 N–H and O–H groups in total. The van der Waals surface area contributed by atoms with Gasteiger partial charge in [0.1, 0.15) is 5.82 Å². The molecule has 0 spiro atoms. The minimum absolute atomic E-state index is 0.265. The number of hydrogen-bond acceptors (Lipinski definition) is 3. The summed E-state index contributed by atoms with van der Waals surface area (Å²) in [6, 6.07) is 4.56. The van der Waals surface area contributed by atoms with Gasteiger partial charge in [-0.2, -0.15) is 0 Å². The molecule has 1 aromatic rings. The van der Waals surface area contributed by atoms with Gasteiger partial charge in [-0.25, -0.2) is 17.1 Å². The number of sulfonamides is 1. The quantitative estimate of drug-likeness (QED) is 0.718. The Morgan fingerprint density at radius 2 is 2.10 bits per heavy atom. The number of rotatable bonds is 8. The molecule has 4 nitrogen and oxygen atoms in total. The van der Waals surface area contributed by atoms with Crippen LogP contribution in [-0.4, -0.2) is 38.6 Å². The zero-order valence-electron chi connectivity index (χ0n) is 11.7. The fraction of sp³-hybridized carbons (Fsp3) is 0.538. The van der Waals surface area contributed by atoms with Crippen molar-refractivity contribution in [2.24, 2.45) is 0 Å². The summed E-state index contributed by atoms with van der Waals surface area (Å²) in [5, 5.41) is 3.18. The van der Waals surface area contributed by atoms with Crippen molar-refractivity contribution in [3.8, 4) is 0 Å².